The number of carbonyl (C=O) groups is 1. The zero-order valence-electron chi connectivity index (χ0n) is 14.9. The summed E-state index contributed by atoms with van der Waals surface area (Å²) in [6, 6.07) is 6.34. The fourth-order valence-electron chi connectivity index (χ4n) is 2.74. The number of anilines is 1. The van der Waals surface area contributed by atoms with Crippen molar-refractivity contribution in [3.63, 3.8) is 0 Å². The fourth-order valence-corrected chi connectivity index (χ4v) is 3.43. The number of likely N-dealkylation sites (tertiary alicyclic amines) is 1. The van der Waals surface area contributed by atoms with Gasteiger partial charge >= 0.3 is 6.09 Å². The molecule has 0 unspecified atom stereocenters. The first-order valence-electron chi connectivity index (χ1n) is 8.51. The van der Waals surface area contributed by atoms with Gasteiger partial charge in [0.2, 0.25) is 0 Å². The largest absolute Gasteiger partial charge is 0.444 e. The van der Waals surface area contributed by atoms with Crippen LogP contribution in [0.5, 0.6) is 0 Å². The lowest BCUT2D eigenvalue weighted by molar-refractivity contribution is 0.0210. The van der Waals surface area contributed by atoms with Crippen molar-refractivity contribution in [2.24, 2.45) is 0 Å². The zero-order chi connectivity index (χ0) is 17.9. The van der Waals surface area contributed by atoms with Crippen molar-refractivity contribution in [2.75, 3.05) is 18.4 Å². The Morgan fingerprint density at radius 3 is 2.72 bits per heavy atom. The van der Waals surface area contributed by atoms with E-state index < -0.39 is 5.60 Å². The minimum Gasteiger partial charge on any atom is -0.444 e. The van der Waals surface area contributed by atoms with E-state index in [9.17, 15) is 4.79 Å². The van der Waals surface area contributed by atoms with Gasteiger partial charge in [0.05, 0.1) is 10.6 Å². The van der Waals surface area contributed by atoms with E-state index >= 15 is 0 Å². The van der Waals surface area contributed by atoms with Gasteiger partial charge in [0.25, 0.3) is 0 Å². The summed E-state index contributed by atoms with van der Waals surface area (Å²) in [5.41, 5.74) is 0.476. The van der Waals surface area contributed by atoms with Gasteiger partial charge in [0, 0.05) is 25.2 Å². The SMILES string of the molecule is CC(C)(C)OC(=O)N1CCC(Nc2cc(-c3cccs3)ncn2)CC1. The summed E-state index contributed by atoms with van der Waals surface area (Å²) >= 11 is 1.66. The summed E-state index contributed by atoms with van der Waals surface area (Å²) in [6.07, 6.45) is 3.11. The van der Waals surface area contributed by atoms with Crippen LogP contribution in [0.25, 0.3) is 10.6 Å². The first-order chi connectivity index (χ1) is 11.9. The number of aromatic nitrogens is 2. The number of nitrogens with zero attached hydrogens (tertiary/aromatic N) is 3. The molecule has 0 atom stereocenters. The van der Waals surface area contributed by atoms with Gasteiger partial charge in [0.1, 0.15) is 17.7 Å². The molecule has 0 aliphatic carbocycles. The van der Waals surface area contributed by atoms with Gasteiger partial charge in [-0.2, -0.15) is 0 Å². The molecule has 1 N–H and O–H groups in total. The van der Waals surface area contributed by atoms with Crippen molar-refractivity contribution < 1.29 is 9.53 Å². The summed E-state index contributed by atoms with van der Waals surface area (Å²) < 4.78 is 5.43. The molecular formula is C18H24N4O2S. The highest BCUT2D eigenvalue weighted by atomic mass is 32.1. The number of ether oxygens (including phenoxy) is 1. The van der Waals surface area contributed by atoms with Crippen LogP contribution in [0.15, 0.2) is 29.9 Å². The van der Waals surface area contributed by atoms with Crippen molar-refractivity contribution in [3.05, 3.63) is 29.9 Å². The first-order valence-corrected chi connectivity index (χ1v) is 9.39. The number of piperidine rings is 1. The smallest absolute Gasteiger partial charge is 0.410 e. The average Bonchev–Trinajstić information content (AvgIpc) is 3.09. The maximum Gasteiger partial charge on any atom is 0.410 e. The van der Waals surface area contributed by atoms with E-state index in [0.717, 1.165) is 29.2 Å². The summed E-state index contributed by atoms with van der Waals surface area (Å²) in [4.78, 5) is 23.7. The number of nitrogens with one attached hydrogen (secondary N) is 1. The normalized spacial score (nSPS) is 15.9. The number of hydrogen-bond acceptors (Lipinski definition) is 6. The van der Waals surface area contributed by atoms with E-state index in [2.05, 4.69) is 21.4 Å². The molecular weight excluding hydrogens is 336 g/mol. The highest BCUT2D eigenvalue weighted by Crippen LogP contribution is 2.24. The minimum atomic E-state index is -0.453. The van der Waals surface area contributed by atoms with Crippen molar-refractivity contribution in [1.82, 2.24) is 14.9 Å². The van der Waals surface area contributed by atoms with Crippen LogP contribution in [-0.2, 0) is 4.74 Å². The molecule has 7 heteroatoms. The Balaban J connectivity index is 1.54. The van der Waals surface area contributed by atoms with Crippen molar-refractivity contribution in [3.8, 4) is 10.6 Å². The number of carbonyl (C=O) groups excluding carboxylic acids is 1. The van der Waals surface area contributed by atoms with Gasteiger partial charge in [-0.1, -0.05) is 6.07 Å². The topological polar surface area (TPSA) is 67.3 Å². The molecule has 0 radical (unpaired) electrons. The lowest BCUT2D eigenvalue weighted by Gasteiger charge is -2.33. The van der Waals surface area contributed by atoms with E-state index in [-0.39, 0.29) is 6.09 Å². The summed E-state index contributed by atoms with van der Waals surface area (Å²) in [7, 11) is 0. The second-order valence-corrected chi connectivity index (χ2v) is 8.10. The third-order valence-corrected chi connectivity index (χ3v) is 4.83. The quantitative estimate of drug-likeness (QED) is 0.895. The predicted molar refractivity (Wildman–Crippen MR) is 99.8 cm³/mol. The van der Waals surface area contributed by atoms with Gasteiger partial charge in [-0.3, -0.25) is 0 Å². The third kappa shape index (κ3) is 4.92. The van der Waals surface area contributed by atoms with Crippen LogP contribution in [-0.4, -0.2) is 45.7 Å². The Bertz CT molecular complexity index is 704. The monoisotopic (exact) mass is 360 g/mol. The van der Waals surface area contributed by atoms with Crippen LogP contribution < -0.4 is 5.32 Å². The maximum absolute atomic E-state index is 12.1. The molecule has 134 valence electrons. The molecule has 1 aliphatic heterocycles. The minimum absolute atomic E-state index is 0.229. The summed E-state index contributed by atoms with van der Waals surface area (Å²) in [5.74, 6) is 0.828. The van der Waals surface area contributed by atoms with E-state index in [4.69, 9.17) is 4.74 Å². The molecule has 25 heavy (non-hydrogen) atoms. The molecule has 1 saturated heterocycles. The Kier molecular flexibility index (Phi) is 5.22. The van der Waals surface area contributed by atoms with E-state index in [1.54, 1.807) is 22.6 Å². The van der Waals surface area contributed by atoms with Crippen molar-refractivity contribution >= 4 is 23.2 Å². The predicted octanol–water partition coefficient (Wildman–Crippen LogP) is 4.02. The Morgan fingerprint density at radius 1 is 1.32 bits per heavy atom. The maximum atomic E-state index is 12.1. The molecule has 1 aliphatic rings. The van der Waals surface area contributed by atoms with Crippen LogP contribution in [0.2, 0.25) is 0 Å². The molecule has 1 amide bonds. The number of rotatable bonds is 3. The lowest BCUT2D eigenvalue weighted by atomic mass is 10.1. The number of thiophene rings is 1. The van der Waals surface area contributed by atoms with Crippen LogP contribution in [0.4, 0.5) is 10.6 Å². The molecule has 6 nitrogen and oxygen atoms in total. The van der Waals surface area contributed by atoms with Gasteiger partial charge in [-0.05, 0) is 45.1 Å². The molecule has 0 bridgehead atoms. The second-order valence-electron chi connectivity index (χ2n) is 7.15. The third-order valence-electron chi connectivity index (χ3n) is 3.94. The highest BCUT2D eigenvalue weighted by Gasteiger charge is 2.26. The highest BCUT2D eigenvalue weighted by molar-refractivity contribution is 7.13. The van der Waals surface area contributed by atoms with Gasteiger partial charge in [-0.15, -0.1) is 11.3 Å². The average molecular weight is 360 g/mol. The molecule has 0 saturated carbocycles. The number of hydrogen-bond donors (Lipinski definition) is 1. The molecule has 3 heterocycles. The van der Waals surface area contributed by atoms with Gasteiger partial charge in [-0.25, -0.2) is 14.8 Å². The standard InChI is InChI=1S/C18H24N4O2S/c1-18(2,3)24-17(23)22-8-6-13(7-9-22)21-16-11-14(19-12-20-16)15-5-4-10-25-15/h4-5,10-13H,6-9H2,1-3H3,(H,19,20,21). The van der Waals surface area contributed by atoms with Crippen molar-refractivity contribution in [2.45, 2.75) is 45.3 Å². The van der Waals surface area contributed by atoms with Crippen LogP contribution >= 0.6 is 11.3 Å². The van der Waals surface area contributed by atoms with Crippen LogP contribution in [0, 0.1) is 0 Å². The van der Waals surface area contributed by atoms with E-state index in [1.807, 2.05) is 38.3 Å². The lowest BCUT2D eigenvalue weighted by Crippen LogP contribution is -2.44. The van der Waals surface area contributed by atoms with Crippen molar-refractivity contribution in [1.29, 1.82) is 0 Å². The second kappa shape index (κ2) is 7.39. The molecule has 2 aromatic heterocycles. The van der Waals surface area contributed by atoms with Gasteiger partial charge in [0.15, 0.2) is 0 Å². The summed E-state index contributed by atoms with van der Waals surface area (Å²) in [5, 5.41) is 5.50. The Morgan fingerprint density at radius 2 is 2.08 bits per heavy atom. The molecule has 0 spiro atoms. The Hall–Kier alpha value is -2.15. The Labute approximate surface area is 152 Å². The van der Waals surface area contributed by atoms with E-state index in [0.29, 0.717) is 19.1 Å². The first kappa shape index (κ1) is 17.7. The summed E-state index contributed by atoms with van der Waals surface area (Å²) in [6.45, 7) is 7.05. The molecule has 2 aromatic rings. The van der Waals surface area contributed by atoms with Crippen LogP contribution in [0.3, 0.4) is 0 Å². The zero-order valence-corrected chi connectivity index (χ0v) is 15.7. The molecule has 1 fully saturated rings. The van der Waals surface area contributed by atoms with E-state index in [1.165, 1.54) is 0 Å². The fraction of sp³-hybridized carbons (Fsp3) is 0.500. The van der Waals surface area contributed by atoms with Gasteiger partial charge < -0.3 is 15.0 Å². The van der Waals surface area contributed by atoms with Crippen LogP contribution in [0.1, 0.15) is 33.6 Å². The number of amides is 1. The molecule has 3 rings (SSSR count). The molecule has 0 aromatic carbocycles.